The molecule has 5 rings (SSSR count). The summed E-state index contributed by atoms with van der Waals surface area (Å²) in [5, 5.41) is 3.81. The number of nitrogens with one attached hydrogen (secondary N) is 1. The smallest absolute Gasteiger partial charge is 0.273 e. The number of carbonyl (C=O) groups is 3. The molecule has 39 heavy (non-hydrogen) atoms. The average Bonchev–Trinajstić information content (AvgIpc) is 3.59. The lowest BCUT2D eigenvalue weighted by Gasteiger charge is -2.32. The lowest BCUT2D eigenvalue weighted by atomic mass is 10.00. The van der Waals surface area contributed by atoms with Crippen LogP contribution in [0.25, 0.3) is 10.9 Å². The summed E-state index contributed by atoms with van der Waals surface area (Å²) in [6.45, 7) is 2.86. The Kier molecular flexibility index (Phi) is 7.53. The van der Waals surface area contributed by atoms with E-state index >= 15 is 0 Å². The highest BCUT2D eigenvalue weighted by Gasteiger charge is 2.36. The number of amides is 3. The highest BCUT2D eigenvalue weighted by atomic mass is 32.1. The monoisotopic (exact) mass is 544 g/mol. The molecule has 11 heteroatoms. The number of fused-ring (bicyclic) bond motifs is 1. The molecule has 1 aliphatic heterocycles. The Morgan fingerprint density at radius 2 is 2.03 bits per heavy atom. The van der Waals surface area contributed by atoms with Crippen molar-refractivity contribution in [1.29, 1.82) is 0 Å². The van der Waals surface area contributed by atoms with Crippen molar-refractivity contribution in [1.82, 2.24) is 14.7 Å². The molecule has 5 N–H and O–H groups in total. The number of nitrogen functional groups attached to an aromatic ring is 1. The summed E-state index contributed by atoms with van der Waals surface area (Å²) < 4.78 is 9.70. The van der Waals surface area contributed by atoms with Crippen molar-refractivity contribution in [3.63, 3.8) is 0 Å². The van der Waals surface area contributed by atoms with Gasteiger partial charge in [0.15, 0.2) is 5.69 Å². The van der Waals surface area contributed by atoms with E-state index in [1.807, 2.05) is 49.4 Å². The number of hydrogen-bond acceptors (Lipinski definition) is 8. The van der Waals surface area contributed by atoms with E-state index in [1.54, 1.807) is 18.3 Å². The second-order valence-corrected chi connectivity index (χ2v) is 10.2. The third-order valence-electron chi connectivity index (χ3n) is 6.63. The van der Waals surface area contributed by atoms with Gasteiger partial charge in [-0.15, -0.1) is 0 Å². The molecule has 1 fully saturated rings. The lowest BCUT2D eigenvalue weighted by molar-refractivity contribution is -0.123. The third kappa shape index (κ3) is 5.45. The molecule has 3 heterocycles. The van der Waals surface area contributed by atoms with Crippen molar-refractivity contribution in [2.45, 2.75) is 31.9 Å². The molecule has 2 atom stereocenters. The van der Waals surface area contributed by atoms with E-state index < -0.39 is 17.9 Å². The Balaban J connectivity index is 1.64. The van der Waals surface area contributed by atoms with Crippen LogP contribution in [0.3, 0.4) is 0 Å². The van der Waals surface area contributed by atoms with Gasteiger partial charge < -0.3 is 21.5 Å². The van der Waals surface area contributed by atoms with Gasteiger partial charge in [-0.3, -0.25) is 24.3 Å². The molecule has 2 aromatic carbocycles. The molecule has 200 valence electrons. The van der Waals surface area contributed by atoms with Gasteiger partial charge in [-0.1, -0.05) is 24.3 Å². The Morgan fingerprint density at radius 3 is 2.74 bits per heavy atom. The zero-order valence-electron chi connectivity index (χ0n) is 21.3. The zero-order valence-corrected chi connectivity index (χ0v) is 22.1. The van der Waals surface area contributed by atoms with Gasteiger partial charge in [0.25, 0.3) is 11.8 Å². The first kappa shape index (κ1) is 26.3. The van der Waals surface area contributed by atoms with Crippen molar-refractivity contribution in [3.8, 4) is 0 Å². The van der Waals surface area contributed by atoms with Crippen LogP contribution in [0.2, 0.25) is 0 Å². The third-order valence-corrected chi connectivity index (χ3v) is 7.48. The van der Waals surface area contributed by atoms with E-state index in [2.05, 4.69) is 14.7 Å². The van der Waals surface area contributed by atoms with Gasteiger partial charge in [0.1, 0.15) is 10.9 Å². The number of ether oxygens (including phenoxy) is 1. The van der Waals surface area contributed by atoms with E-state index in [4.69, 9.17) is 16.2 Å². The summed E-state index contributed by atoms with van der Waals surface area (Å²) in [7, 11) is 0. The second kappa shape index (κ2) is 11.2. The first-order chi connectivity index (χ1) is 18.8. The summed E-state index contributed by atoms with van der Waals surface area (Å²) in [5.41, 5.74) is 14.0. The number of benzene rings is 2. The van der Waals surface area contributed by atoms with Crippen LogP contribution in [0.5, 0.6) is 0 Å². The normalized spacial score (nSPS) is 15.7. The molecule has 3 amide bonds. The molecule has 0 radical (unpaired) electrons. The number of hydrogen-bond donors (Lipinski definition) is 3. The number of anilines is 2. The highest BCUT2D eigenvalue weighted by molar-refractivity contribution is 7.09. The minimum atomic E-state index is -1.08. The molecule has 0 unspecified atom stereocenters. The van der Waals surface area contributed by atoms with Gasteiger partial charge in [-0.2, -0.15) is 4.37 Å². The van der Waals surface area contributed by atoms with E-state index in [9.17, 15) is 14.4 Å². The van der Waals surface area contributed by atoms with Crippen LogP contribution in [0.4, 0.5) is 11.4 Å². The first-order valence-electron chi connectivity index (χ1n) is 12.5. The molecule has 10 nitrogen and oxygen atoms in total. The maximum absolute atomic E-state index is 14.2. The summed E-state index contributed by atoms with van der Waals surface area (Å²) in [5.74, 6) is -1.80. The Morgan fingerprint density at radius 1 is 1.18 bits per heavy atom. The standard InChI is InChI=1S/C28H28N6O4S/c1-16-5-2-7-19(13-16)34(28(37)25-22(29)23(26(30)35)33-39-25)24(27(36)32-15-20-8-4-12-38-20)18-9-10-21-17(14-18)6-3-11-31-21/h2-3,5-7,9-11,13-14,20,24H,4,8,12,15,29H2,1H3,(H2,30,35)(H,32,36)/t20-,24+/m1/s1. The van der Waals surface area contributed by atoms with Crippen molar-refractivity contribution in [2.75, 3.05) is 23.8 Å². The number of carbonyl (C=O) groups excluding carboxylic acids is 3. The fourth-order valence-corrected chi connectivity index (χ4v) is 5.44. The summed E-state index contributed by atoms with van der Waals surface area (Å²) in [4.78, 5) is 45.8. The molecule has 0 saturated carbocycles. The van der Waals surface area contributed by atoms with Gasteiger partial charge in [0.05, 0.1) is 17.3 Å². The van der Waals surface area contributed by atoms with Crippen molar-refractivity contribution < 1.29 is 19.1 Å². The molecule has 2 aromatic heterocycles. The fourth-order valence-electron chi connectivity index (χ4n) is 4.70. The van der Waals surface area contributed by atoms with Crippen LogP contribution in [0.15, 0.2) is 60.8 Å². The van der Waals surface area contributed by atoms with Crippen molar-refractivity contribution >= 4 is 51.5 Å². The summed E-state index contributed by atoms with van der Waals surface area (Å²) in [6.07, 6.45) is 3.39. The molecule has 1 aliphatic rings. The lowest BCUT2D eigenvalue weighted by Crippen LogP contribution is -2.45. The van der Waals surface area contributed by atoms with Crippen molar-refractivity contribution in [3.05, 3.63) is 82.5 Å². The number of aryl methyl sites for hydroxylation is 1. The molecule has 1 saturated heterocycles. The predicted molar refractivity (Wildman–Crippen MR) is 150 cm³/mol. The van der Waals surface area contributed by atoms with Gasteiger partial charge >= 0.3 is 0 Å². The SMILES string of the molecule is Cc1cccc(N(C(=O)c2snc(C(N)=O)c2N)[C@H](C(=O)NC[C@H]2CCCO2)c2ccc3ncccc3c2)c1. The number of nitrogens with zero attached hydrogens (tertiary/aromatic N) is 3. The minimum absolute atomic E-state index is 0.0182. The fraction of sp³-hybridized carbons (Fsp3) is 0.250. The van der Waals surface area contributed by atoms with Crippen LogP contribution in [-0.2, 0) is 9.53 Å². The van der Waals surface area contributed by atoms with Crippen LogP contribution in [0.1, 0.15) is 50.2 Å². The Labute approximate surface area is 229 Å². The maximum Gasteiger partial charge on any atom is 0.273 e. The van der Waals surface area contributed by atoms with Gasteiger partial charge in [0.2, 0.25) is 5.91 Å². The Hall–Kier alpha value is -4.35. The van der Waals surface area contributed by atoms with Crippen LogP contribution in [0, 0.1) is 6.92 Å². The first-order valence-corrected chi connectivity index (χ1v) is 13.3. The molecular formula is C28H28N6O4S. The molecule has 0 bridgehead atoms. The van der Waals surface area contributed by atoms with Crippen LogP contribution in [-0.4, -0.2) is 46.3 Å². The number of nitrogens with two attached hydrogens (primary N) is 2. The highest BCUT2D eigenvalue weighted by Crippen LogP contribution is 2.34. The second-order valence-electron chi connectivity index (χ2n) is 9.39. The summed E-state index contributed by atoms with van der Waals surface area (Å²) in [6, 6.07) is 15.3. The number of primary amides is 1. The van der Waals surface area contributed by atoms with E-state index in [0.717, 1.165) is 40.8 Å². The zero-order chi connectivity index (χ0) is 27.5. The van der Waals surface area contributed by atoms with E-state index in [1.165, 1.54) is 4.90 Å². The van der Waals surface area contributed by atoms with Gasteiger partial charge in [0, 0.05) is 30.4 Å². The van der Waals surface area contributed by atoms with Gasteiger partial charge in [-0.25, -0.2) is 0 Å². The topological polar surface area (TPSA) is 154 Å². The molecular weight excluding hydrogens is 516 g/mol. The van der Waals surface area contributed by atoms with E-state index in [0.29, 0.717) is 24.4 Å². The molecule has 0 aliphatic carbocycles. The van der Waals surface area contributed by atoms with Crippen molar-refractivity contribution in [2.24, 2.45) is 5.73 Å². The molecule has 4 aromatic rings. The van der Waals surface area contributed by atoms with Crippen LogP contribution < -0.4 is 21.7 Å². The van der Waals surface area contributed by atoms with Gasteiger partial charge in [-0.05, 0) is 72.8 Å². The van der Waals surface area contributed by atoms with Crippen LogP contribution >= 0.6 is 11.5 Å². The number of aromatic nitrogens is 2. The number of rotatable bonds is 8. The largest absolute Gasteiger partial charge is 0.395 e. The maximum atomic E-state index is 14.2. The predicted octanol–water partition coefficient (Wildman–Crippen LogP) is 3.36. The molecule has 0 spiro atoms. The quantitative estimate of drug-likeness (QED) is 0.307. The summed E-state index contributed by atoms with van der Waals surface area (Å²) >= 11 is 0.772. The minimum Gasteiger partial charge on any atom is -0.395 e. The average molecular weight is 545 g/mol. The van der Waals surface area contributed by atoms with E-state index in [-0.39, 0.29) is 28.3 Å². The Bertz CT molecular complexity index is 1550. The number of pyridine rings is 1.